The fraction of sp³-hybridized carbons (Fsp3) is 0.250. The minimum atomic E-state index is 0.876. The minimum absolute atomic E-state index is 0.876. The van der Waals surface area contributed by atoms with Crippen LogP contribution in [-0.4, -0.2) is 0 Å². The van der Waals surface area contributed by atoms with Gasteiger partial charge in [0.2, 0.25) is 0 Å². The van der Waals surface area contributed by atoms with Crippen LogP contribution in [0.25, 0.3) is 0 Å². The molecule has 100 valence electrons. The van der Waals surface area contributed by atoms with Crippen molar-refractivity contribution in [2.45, 2.75) is 26.4 Å². The number of rotatable bonds is 5. The Balaban J connectivity index is 1.86. The Kier molecular flexibility index (Phi) is 5.61. The van der Waals surface area contributed by atoms with E-state index in [0.29, 0.717) is 0 Å². The monoisotopic (exact) mass is 381 g/mol. The second kappa shape index (κ2) is 7.22. The van der Waals surface area contributed by atoms with Gasteiger partial charge in [0, 0.05) is 22.0 Å². The molecule has 0 aromatic heterocycles. The van der Waals surface area contributed by atoms with Crippen LogP contribution in [0.5, 0.6) is 0 Å². The van der Waals surface area contributed by atoms with Crippen molar-refractivity contribution in [2.24, 2.45) is 0 Å². The summed E-state index contributed by atoms with van der Waals surface area (Å²) in [6, 6.07) is 15.1. The maximum absolute atomic E-state index is 3.52. The number of nitrogens with one attached hydrogen (secondary N) is 1. The van der Waals surface area contributed by atoms with Crippen molar-refractivity contribution in [3.63, 3.8) is 0 Å². The van der Waals surface area contributed by atoms with E-state index in [9.17, 15) is 0 Å². The molecule has 1 N–H and O–H groups in total. The van der Waals surface area contributed by atoms with Crippen molar-refractivity contribution in [3.8, 4) is 0 Å². The van der Waals surface area contributed by atoms with Gasteiger partial charge < -0.3 is 5.32 Å². The molecule has 0 amide bonds. The average molecular weight is 383 g/mol. The summed E-state index contributed by atoms with van der Waals surface area (Å²) in [5.41, 5.74) is 3.99. The van der Waals surface area contributed by atoms with Crippen molar-refractivity contribution in [1.29, 1.82) is 0 Å². The highest BCUT2D eigenvalue weighted by atomic mass is 79.9. The van der Waals surface area contributed by atoms with Crippen molar-refractivity contribution in [1.82, 2.24) is 5.32 Å². The lowest BCUT2D eigenvalue weighted by molar-refractivity contribution is 0.693. The molecule has 0 atom stereocenters. The van der Waals surface area contributed by atoms with Crippen LogP contribution < -0.4 is 5.32 Å². The fourth-order valence-corrected chi connectivity index (χ4v) is 2.57. The van der Waals surface area contributed by atoms with Crippen molar-refractivity contribution >= 4 is 31.9 Å². The van der Waals surface area contributed by atoms with Gasteiger partial charge in [-0.1, -0.05) is 37.3 Å². The van der Waals surface area contributed by atoms with Crippen LogP contribution in [-0.2, 0) is 19.5 Å². The summed E-state index contributed by atoms with van der Waals surface area (Å²) in [6.07, 6.45) is 1.10. The molecule has 0 saturated heterocycles. The summed E-state index contributed by atoms with van der Waals surface area (Å²) in [6.45, 7) is 3.96. The Bertz CT molecular complexity index is 535. The van der Waals surface area contributed by atoms with Crippen LogP contribution in [0.4, 0.5) is 0 Å². The first-order chi connectivity index (χ1) is 9.19. The second-order valence-electron chi connectivity index (χ2n) is 4.52. The lowest BCUT2D eigenvalue weighted by atomic mass is 10.1. The highest BCUT2D eigenvalue weighted by molar-refractivity contribution is 9.13. The van der Waals surface area contributed by atoms with Gasteiger partial charge in [-0.15, -0.1) is 0 Å². The Labute approximate surface area is 131 Å². The number of aryl methyl sites for hydroxylation is 1. The van der Waals surface area contributed by atoms with Crippen LogP contribution in [0, 0.1) is 0 Å². The molecule has 0 spiro atoms. The molecule has 3 heteroatoms. The van der Waals surface area contributed by atoms with E-state index in [0.717, 1.165) is 28.5 Å². The van der Waals surface area contributed by atoms with E-state index < -0.39 is 0 Å². The van der Waals surface area contributed by atoms with E-state index in [1.54, 1.807) is 0 Å². The average Bonchev–Trinajstić information content (AvgIpc) is 2.43. The first-order valence-electron chi connectivity index (χ1n) is 6.41. The van der Waals surface area contributed by atoms with E-state index >= 15 is 0 Å². The Morgan fingerprint density at radius 3 is 2.00 bits per heavy atom. The largest absolute Gasteiger partial charge is 0.309 e. The van der Waals surface area contributed by atoms with E-state index in [1.165, 1.54) is 16.7 Å². The standard InChI is InChI=1S/C16H17Br2N/c1-2-12-3-5-13(6-4-12)10-19-11-14-7-8-15(17)16(18)9-14/h3-9,19H,2,10-11H2,1H3. The molecule has 0 saturated carbocycles. The Morgan fingerprint density at radius 1 is 0.789 bits per heavy atom. The van der Waals surface area contributed by atoms with Gasteiger partial charge in [0.15, 0.2) is 0 Å². The molecule has 0 aliphatic rings. The third-order valence-corrected chi connectivity index (χ3v) is 4.95. The van der Waals surface area contributed by atoms with Crippen LogP contribution in [0.15, 0.2) is 51.4 Å². The van der Waals surface area contributed by atoms with Crippen LogP contribution in [0.2, 0.25) is 0 Å². The van der Waals surface area contributed by atoms with Crippen molar-refractivity contribution < 1.29 is 0 Å². The van der Waals surface area contributed by atoms with Crippen LogP contribution in [0.1, 0.15) is 23.6 Å². The lowest BCUT2D eigenvalue weighted by Crippen LogP contribution is -2.12. The molecule has 2 aromatic carbocycles. The van der Waals surface area contributed by atoms with Gasteiger partial charge in [0.1, 0.15) is 0 Å². The van der Waals surface area contributed by atoms with E-state index in [4.69, 9.17) is 0 Å². The maximum Gasteiger partial charge on any atom is 0.0320 e. The van der Waals surface area contributed by atoms with E-state index in [1.807, 2.05) is 0 Å². The lowest BCUT2D eigenvalue weighted by Gasteiger charge is -2.07. The SMILES string of the molecule is CCc1ccc(CNCc2ccc(Br)c(Br)c2)cc1. The predicted molar refractivity (Wildman–Crippen MR) is 88.2 cm³/mol. The summed E-state index contributed by atoms with van der Waals surface area (Å²) in [7, 11) is 0. The highest BCUT2D eigenvalue weighted by Crippen LogP contribution is 2.23. The van der Waals surface area contributed by atoms with Gasteiger partial charge in [0.25, 0.3) is 0 Å². The van der Waals surface area contributed by atoms with Crippen LogP contribution >= 0.6 is 31.9 Å². The summed E-state index contributed by atoms with van der Waals surface area (Å²) in [4.78, 5) is 0. The van der Waals surface area contributed by atoms with Gasteiger partial charge in [-0.3, -0.25) is 0 Å². The zero-order chi connectivity index (χ0) is 13.7. The Morgan fingerprint density at radius 2 is 1.37 bits per heavy atom. The fourth-order valence-electron chi connectivity index (χ4n) is 1.89. The zero-order valence-electron chi connectivity index (χ0n) is 10.9. The molecule has 0 bridgehead atoms. The second-order valence-corrected chi connectivity index (χ2v) is 6.23. The van der Waals surface area contributed by atoms with Crippen molar-refractivity contribution in [3.05, 3.63) is 68.1 Å². The molecule has 0 fully saturated rings. The molecular weight excluding hydrogens is 366 g/mol. The van der Waals surface area contributed by atoms with Gasteiger partial charge in [0.05, 0.1) is 0 Å². The molecular formula is C16H17Br2N. The number of hydrogen-bond donors (Lipinski definition) is 1. The highest BCUT2D eigenvalue weighted by Gasteiger charge is 1.99. The first-order valence-corrected chi connectivity index (χ1v) is 8.00. The quantitative estimate of drug-likeness (QED) is 0.761. The molecule has 2 aromatic rings. The third kappa shape index (κ3) is 4.44. The van der Waals surface area contributed by atoms with Gasteiger partial charge in [-0.05, 0) is 67.1 Å². The Hall–Kier alpha value is -0.640. The molecule has 1 nitrogen and oxygen atoms in total. The number of halogens is 2. The van der Waals surface area contributed by atoms with Gasteiger partial charge >= 0.3 is 0 Å². The smallest absolute Gasteiger partial charge is 0.0320 e. The summed E-state index contributed by atoms with van der Waals surface area (Å²) in [5, 5.41) is 3.47. The zero-order valence-corrected chi connectivity index (χ0v) is 14.1. The van der Waals surface area contributed by atoms with Gasteiger partial charge in [-0.25, -0.2) is 0 Å². The summed E-state index contributed by atoms with van der Waals surface area (Å²) >= 11 is 7.00. The first kappa shape index (κ1) is 14.8. The molecule has 0 heterocycles. The van der Waals surface area contributed by atoms with E-state index in [2.05, 4.69) is 86.6 Å². The summed E-state index contributed by atoms with van der Waals surface area (Å²) < 4.78 is 2.19. The molecule has 0 aliphatic carbocycles. The number of benzene rings is 2. The summed E-state index contributed by atoms with van der Waals surface area (Å²) in [5.74, 6) is 0. The third-order valence-electron chi connectivity index (χ3n) is 3.07. The molecule has 0 unspecified atom stereocenters. The topological polar surface area (TPSA) is 12.0 Å². The molecule has 0 radical (unpaired) electrons. The van der Waals surface area contributed by atoms with Crippen LogP contribution in [0.3, 0.4) is 0 Å². The molecule has 2 rings (SSSR count). The van der Waals surface area contributed by atoms with Gasteiger partial charge in [-0.2, -0.15) is 0 Å². The number of hydrogen-bond acceptors (Lipinski definition) is 1. The van der Waals surface area contributed by atoms with E-state index in [-0.39, 0.29) is 0 Å². The maximum atomic E-state index is 3.52. The molecule has 0 aliphatic heterocycles. The minimum Gasteiger partial charge on any atom is -0.309 e. The van der Waals surface area contributed by atoms with Crippen molar-refractivity contribution in [2.75, 3.05) is 0 Å². The predicted octanol–water partition coefficient (Wildman–Crippen LogP) is 5.06. The molecule has 19 heavy (non-hydrogen) atoms. The normalized spacial score (nSPS) is 10.7.